The molecule has 4 nitrogen and oxygen atoms in total. The van der Waals surface area contributed by atoms with E-state index < -0.39 is 5.97 Å². The van der Waals surface area contributed by atoms with E-state index in [4.69, 9.17) is 4.74 Å². The van der Waals surface area contributed by atoms with Crippen LogP contribution in [0.5, 0.6) is 0 Å². The minimum Gasteiger partial charge on any atom is -0.452 e. The molecule has 0 saturated carbocycles. The third-order valence-electron chi connectivity index (χ3n) is 3.89. The molecule has 1 N–H and O–H groups in total. The topological polar surface area (TPSA) is 55.4 Å². The second-order valence-corrected chi connectivity index (χ2v) is 6.20. The van der Waals surface area contributed by atoms with E-state index in [0.717, 1.165) is 30.4 Å². The van der Waals surface area contributed by atoms with Gasteiger partial charge in [0.2, 0.25) is 0 Å². The number of amides is 1. The number of nitrogens with one attached hydrogen (secondary N) is 1. The van der Waals surface area contributed by atoms with E-state index >= 15 is 0 Å². The van der Waals surface area contributed by atoms with Crippen molar-refractivity contribution in [3.8, 4) is 0 Å². The highest BCUT2D eigenvalue weighted by atomic mass is 16.5. The van der Waals surface area contributed by atoms with Crippen LogP contribution in [0.2, 0.25) is 0 Å². The molecule has 0 saturated heterocycles. The summed E-state index contributed by atoms with van der Waals surface area (Å²) in [5.41, 5.74) is 4.00. The molecule has 0 fully saturated rings. The summed E-state index contributed by atoms with van der Waals surface area (Å²) in [7, 11) is 0. The van der Waals surface area contributed by atoms with E-state index in [-0.39, 0.29) is 12.5 Å². The molecule has 136 valence electrons. The fourth-order valence-electron chi connectivity index (χ4n) is 2.36. The van der Waals surface area contributed by atoms with Gasteiger partial charge in [0.1, 0.15) is 0 Å². The van der Waals surface area contributed by atoms with Crippen LogP contribution in [0, 0.1) is 6.92 Å². The highest BCUT2D eigenvalue weighted by molar-refractivity contribution is 5.94. The molecule has 0 bridgehead atoms. The Bertz CT molecular complexity index is 746. The van der Waals surface area contributed by atoms with Gasteiger partial charge in [0.25, 0.3) is 5.91 Å². The zero-order chi connectivity index (χ0) is 18.8. The fraction of sp³-hybridized carbons (Fsp3) is 0.273. The van der Waals surface area contributed by atoms with Crippen molar-refractivity contribution in [2.24, 2.45) is 0 Å². The number of esters is 1. The number of carbonyl (C=O) groups is 2. The van der Waals surface area contributed by atoms with E-state index in [1.54, 1.807) is 6.08 Å². The molecule has 0 aliphatic heterocycles. The zero-order valence-corrected chi connectivity index (χ0v) is 15.3. The van der Waals surface area contributed by atoms with Crippen LogP contribution in [0.4, 0.5) is 5.69 Å². The lowest BCUT2D eigenvalue weighted by molar-refractivity contribution is -0.142. The van der Waals surface area contributed by atoms with Crippen molar-refractivity contribution in [1.29, 1.82) is 0 Å². The molecular formula is C22H25NO3. The molecule has 1 amide bonds. The number of ether oxygens (including phenoxy) is 1. The first-order valence-corrected chi connectivity index (χ1v) is 8.87. The first-order valence-electron chi connectivity index (χ1n) is 8.87. The maximum absolute atomic E-state index is 11.9. The third-order valence-corrected chi connectivity index (χ3v) is 3.89. The number of aryl methyl sites for hydroxylation is 2. The van der Waals surface area contributed by atoms with Crippen LogP contribution < -0.4 is 5.32 Å². The number of hydrogen-bond donors (Lipinski definition) is 1. The van der Waals surface area contributed by atoms with Crippen molar-refractivity contribution in [2.45, 2.75) is 33.1 Å². The van der Waals surface area contributed by atoms with E-state index in [2.05, 4.69) is 12.2 Å². The highest BCUT2D eigenvalue weighted by Crippen LogP contribution is 2.12. The lowest BCUT2D eigenvalue weighted by atomic mass is 10.1. The summed E-state index contributed by atoms with van der Waals surface area (Å²) in [6.45, 7) is 3.85. The predicted octanol–water partition coefficient (Wildman–Crippen LogP) is 4.53. The van der Waals surface area contributed by atoms with Crippen LogP contribution in [0.1, 0.15) is 36.5 Å². The standard InChI is InChI=1S/C22H25NO3/c1-3-4-5-18-10-13-20(14-11-18)23-21(24)16-26-22(25)15-12-19-8-6-17(2)7-9-19/h6-15H,3-5,16H2,1-2H3,(H,23,24)/b15-12+. The lowest BCUT2D eigenvalue weighted by Gasteiger charge is -2.06. The van der Waals surface area contributed by atoms with Gasteiger partial charge in [0, 0.05) is 11.8 Å². The van der Waals surface area contributed by atoms with E-state index in [1.807, 2.05) is 55.5 Å². The van der Waals surface area contributed by atoms with Gasteiger partial charge >= 0.3 is 5.97 Å². The predicted molar refractivity (Wildman–Crippen MR) is 105 cm³/mol. The second kappa shape index (κ2) is 10.2. The van der Waals surface area contributed by atoms with Gasteiger partial charge in [-0.2, -0.15) is 0 Å². The van der Waals surface area contributed by atoms with Crippen molar-refractivity contribution in [3.63, 3.8) is 0 Å². The number of carbonyl (C=O) groups excluding carboxylic acids is 2. The number of hydrogen-bond acceptors (Lipinski definition) is 3. The van der Waals surface area contributed by atoms with Gasteiger partial charge in [-0.1, -0.05) is 55.3 Å². The fourth-order valence-corrected chi connectivity index (χ4v) is 2.36. The quantitative estimate of drug-likeness (QED) is 0.561. The maximum Gasteiger partial charge on any atom is 0.331 e. The Morgan fingerprint density at radius 3 is 2.38 bits per heavy atom. The molecule has 0 heterocycles. The van der Waals surface area contributed by atoms with Gasteiger partial charge in [-0.25, -0.2) is 4.79 Å². The normalized spacial score (nSPS) is 10.7. The molecule has 0 aliphatic carbocycles. The van der Waals surface area contributed by atoms with Crippen molar-refractivity contribution < 1.29 is 14.3 Å². The summed E-state index contributed by atoms with van der Waals surface area (Å²) in [5, 5.41) is 2.72. The molecule has 0 spiro atoms. The van der Waals surface area contributed by atoms with Gasteiger partial charge in [-0.3, -0.25) is 4.79 Å². The SMILES string of the molecule is CCCCc1ccc(NC(=O)COC(=O)/C=C/c2ccc(C)cc2)cc1. The van der Waals surface area contributed by atoms with Crippen LogP contribution in [-0.2, 0) is 20.7 Å². The Kier molecular flexibility index (Phi) is 7.62. The Morgan fingerprint density at radius 2 is 1.73 bits per heavy atom. The summed E-state index contributed by atoms with van der Waals surface area (Å²) in [4.78, 5) is 23.6. The number of rotatable bonds is 8. The zero-order valence-electron chi connectivity index (χ0n) is 15.3. The maximum atomic E-state index is 11.9. The molecule has 0 aliphatic rings. The lowest BCUT2D eigenvalue weighted by Crippen LogP contribution is -2.20. The van der Waals surface area contributed by atoms with Gasteiger partial charge in [0.15, 0.2) is 6.61 Å². The third kappa shape index (κ3) is 6.93. The Labute approximate surface area is 154 Å². The average molecular weight is 351 g/mol. The molecule has 0 radical (unpaired) electrons. The summed E-state index contributed by atoms with van der Waals surface area (Å²) in [6.07, 6.45) is 6.32. The monoisotopic (exact) mass is 351 g/mol. The largest absolute Gasteiger partial charge is 0.452 e. The van der Waals surface area contributed by atoms with Crippen LogP contribution >= 0.6 is 0 Å². The molecule has 2 aromatic carbocycles. The number of unbranched alkanes of at least 4 members (excludes halogenated alkanes) is 1. The molecule has 0 unspecified atom stereocenters. The minimum absolute atomic E-state index is 0.311. The van der Waals surface area contributed by atoms with E-state index in [9.17, 15) is 9.59 Å². The van der Waals surface area contributed by atoms with Crippen molar-refractivity contribution in [2.75, 3.05) is 11.9 Å². The smallest absolute Gasteiger partial charge is 0.331 e. The van der Waals surface area contributed by atoms with Crippen molar-refractivity contribution >= 4 is 23.6 Å². The minimum atomic E-state index is -0.546. The Hall–Kier alpha value is -2.88. The van der Waals surface area contributed by atoms with Crippen molar-refractivity contribution in [3.05, 3.63) is 71.3 Å². The molecule has 2 aromatic rings. The molecule has 0 aromatic heterocycles. The van der Waals surface area contributed by atoms with Crippen LogP contribution in [0.15, 0.2) is 54.6 Å². The molecule has 2 rings (SSSR count). The second-order valence-electron chi connectivity index (χ2n) is 6.20. The summed E-state index contributed by atoms with van der Waals surface area (Å²) < 4.78 is 4.96. The Morgan fingerprint density at radius 1 is 1.04 bits per heavy atom. The number of benzene rings is 2. The van der Waals surface area contributed by atoms with Gasteiger partial charge < -0.3 is 10.1 Å². The van der Waals surface area contributed by atoms with Crippen molar-refractivity contribution in [1.82, 2.24) is 0 Å². The highest BCUT2D eigenvalue weighted by Gasteiger charge is 2.06. The molecule has 26 heavy (non-hydrogen) atoms. The van der Waals surface area contributed by atoms with Gasteiger partial charge in [-0.05, 0) is 49.1 Å². The van der Waals surface area contributed by atoms with E-state index in [0.29, 0.717) is 5.69 Å². The first kappa shape index (κ1) is 19.4. The molecule has 0 atom stereocenters. The Balaban J connectivity index is 1.75. The summed E-state index contributed by atoms with van der Waals surface area (Å²) in [5.74, 6) is -0.904. The first-order chi connectivity index (χ1) is 12.6. The van der Waals surface area contributed by atoms with E-state index in [1.165, 1.54) is 11.6 Å². The van der Waals surface area contributed by atoms with Crippen LogP contribution in [0.25, 0.3) is 6.08 Å². The van der Waals surface area contributed by atoms with Gasteiger partial charge in [-0.15, -0.1) is 0 Å². The number of anilines is 1. The van der Waals surface area contributed by atoms with Gasteiger partial charge in [0.05, 0.1) is 0 Å². The average Bonchev–Trinajstić information content (AvgIpc) is 2.65. The van der Waals surface area contributed by atoms with Crippen LogP contribution in [-0.4, -0.2) is 18.5 Å². The summed E-state index contributed by atoms with van der Waals surface area (Å²) >= 11 is 0. The molecular weight excluding hydrogens is 326 g/mol. The molecule has 4 heteroatoms. The van der Waals surface area contributed by atoms with Crippen LogP contribution in [0.3, 0.4) is 0 Å². The summed E-state index contributed by atoms with van der Waals surface area (Å²) in [6, 6.07) is 15.5.